The van der Waals surface area contributed by atoms with Gasteiger partial charge in [0.15, 0.2) is 0 Å². The zero-order chi connectivity index (χ0) is 11.5. The van der Waals surface area contributed by atoms with Crippen molar-refractivity contribution in [1.82, 2.24) is 5.32 Å². The van der Waals surface area contributed by atoms with Crippen molar-refractivity contribution in [2.45, 2.75) is 30.9 Å². The molecule has 1 aromatic carbocycles. The van der Waals surface area contributed by atoms with Gasteiger partial charge in [0.05, 0.1) is 6.10 Å². The summed E-state index contributed by atoms with van der Waals surface area (Å²) < 4.78 is 0. The highest BCUT2D eigenvalue weighted by atomic mass is 32.2. The third kappa shape index (κ3) is 2.59. The molecule has 2 rings (SSSR count). The summed E-state index contributed by atoms with van der Waals surface area (Å²) in [6.07, 6.45) is -0.283. The number of rotatable bonds is 3. The Morgan fingerprint density at radius 1 is 1.50 bits per heavy atom. The summed E-state index contributed by atoms with van der Waals surface area (Å²) in [5, 5.41) is 12.8. The third-order valence-corrected chi connectivity index (χ3v) is 4.33. The zero-order valence-corrected chi connectivity index (χ0v) is 10.6. The monoisotopic (exact) mass is 237 g/mol. The molecule has 2 unspecified atom stereocenters. The maximum absolute atomic E-state index is 9.35. The molecule has 0 amide bonds. The van der Waals surface area contributed by atoms with Gasteiger partial charge in [-0.05, 0) is 24.5 Å². The van der Waals surface area contributed by atoms with Crippen molar-refractivity contribution in [1.29, 1.82) is 0 Å². The lowest BCUT2D eigenvalue weighted by molar-refractivity contribution is 0.181. The summed E-state index contributed by atoms with van der Waals surface area (Å²) in [5.41, 5.74) is 1.38. The smallest absolute Gasteiger partial charge is 0.0636 e. The Hall–Kier alpha value is -0.510. The summed E-state index contributed by atoms with van der Waals surface area (Å²) in [7, 11) is 0. The van der Waals surface area contributed by atoms with Crippen molar-refractivity contribution in [3.63, 3.8) is 0 Å². The van der Waals surface area contributed by atoms with E-state index in [1.165, 1.54) is 10.5 Å². The molecule has 0 aliphatic carbocycles. The molecule has 0 saturated heterocycles. The first-order valence-electron chi connectivity index (χ1n) is 5.81. The Labute approximate surface area is 101 Å². The van der Waals surface area contributed by atoms with E-state index in [0.717, 1.165) is 5.75 Å². The van der Waals surface area contributed by atoms with Crippen LogP contribution in [0.1, 0.15) is 25.5 Å². The van der Waals surface area contributed by atoms with Crippen LogP contribution in [-0.4, -0.2) is 23.5 Å². The number of fused-ring (bicyclic) bond motifs is 1. The number of hydrogen-bond donors (Lipinski definition) is 2. The van der Waals surface area contributed by atoms with E-state index in [1.54, 1.807) is 0 Å². The fourth-order valence-corrected chi connectivity index (χ4v) is 3.27. The van der Waals surface area contributed by atoms with E-state index in [2.05, 4.69) is 36.5 Å². The van der Waals surface area contributed by atoms with Gasteiger partial charge >= 0.3 is 0 Å². The summed E-state index contributed by atoms with van der Waals surface area (Å²) >= 11 is 1.93. The van der Waals surface area contributed by atoms with Crippen LogP contribution in [0, 0.1) is 5.92 Å². The number of aliphatic hydroxyl groups is 1. The molecule has 0 fully saturated rings. The summed E-state index contributed by atoms with van der Waals surface area (Å²) in [6, 6.07) is 8.94. The second-order valence-corrected chi connectivity index (χ2v) is 5.62. The van der Waals surface area contributed by atoms with Crippen LogP contribution in [0.2, 0.25) is 0 Å². The Morgan fingerprint density at radius 2 is 2.25 bits per heavy atom. The Kier molecular flexibility index (Phi) is 3.90. The largest absolute Gasteiger partial charge is 0.392 e. The molecule has 2 N–H and O–H groups in total. The van der Waals surface area contributed by atoms with Crippen LogP contribution in [0.25, 0.3) is 0 Å². The molecule has 1 aromatic rings. The minimum absolute atomic E-state index is 0.283. The Balaban J connectivity index is 2.16. The highest BCUT2D eigenvalue weighted by Crippen LogP contribution is 2.39. The van der Waals surface area contributed by atoms with Gasteiger partial charge in [0.25, 0.3) is 0 Å². The van der Waals surface area contributed by atoms with Gasteiger partial charge in [0.2, 0.25) is 0 Å². The van der Waals surface area contributed by atoms with E-state index in [0.29, 0.717) is 18.5 Å². The van der Waals surface area contributed by atoms with Crippen molar-refractivity contribution < 1.29 is 5.11 Å². The van der Waals surface area contributed by atoms with E-state index in [4.69, 9.17) is 0 Å². The highest BCUT2D eigenvalue weighted by Gasteiger charge is 2.26. The molecule has 3 heteroatoms. The van der Waals surface area contributed by atoms with Crippen LogP contribution in [0.15, 0.2) is 29.2 Å². The predicted molar refractivity (Wildman–Crippen MR) is 68.8 cm³/mol. The molecule has 1 aliphatic heterocycles. The molecule has 0 radical (unpaired) electrons. The maximum atomic E-state index is 9.35. The molecule has 3 atom stereocenters. The average Bonchev–Trinajstić information content (AvgIpc) is 2.27. The predicted octanol–water partition coefficient (Wildman–Crippen LogP) is 2.44. The fourth-order valence-electron chi connectivity index (χ4n) is 2.10. The van der Waals surface area contributed by atoms with Crippen LogP contribution < -0.4 is 5.32 Å². The van der Waals surface area contributed by atoms with Crippen molar-refractivity contribution in [2.24, 2.45) is 5.92 Å². The molecule has 0 bridgehead atoms. The first kappa shape index (κ1) is 12.0. The Bertz CT molecular complexity index is 354. The number of nitrogens with one attached hydrogen (secondary N) is 1. The summed E-state index contributed by atoms with van der Waals surface area (Å²) in [4.78, 5) is 1.38. The van der Waals surface area contributed by atoms with Crippen molar-refractivity contribution in [3.05, 3.63) is 29.8 Å². The van der Waals surface area contributed by atoms with Crippen LogP contribution in [0.3, 0.4) is 0 Å². The zero-order valence-electron chi connectivity index (χ0n) is 9.81. The van der Waals surface area contributed by atoms with Crippen LogP contribution in [-0.2, 0) is 0 Å². The lowest BCUT2D eigenvalue weighted by atomic mass is 9.95. The normalized spacial score (nSPS) is 26.2. The van der Waals surface area contributed by atoms with Gasteiger partial charge in [0.1, 0.15) is 0 Å². The number of aliphatic hydroxyl groups excluding tert-OH is 1. The quantitative estimate of drug-likeness (QED) is 0.847. The molecular weight excluding hydrogens is 218 g/mol. The molecule has 0 spiro atoms. The summed E-state index contributed by atoms with van der Waals surface area (Å²) in [5.74, 6) is 1.76. The van der Waals surface area contributed by atoms with Crippen LogP contribution >= 0.6 is 11.8 Å². The van der Waals surface area contributed by atoms with E-state index >= 15 is 0 Å². The molecule has 88 valence electrons. The lowest BCUT2D eigenvalue weighted by Crippen LogP contribution is -2.35. The van der Waals surface area contributed by atoms with Crippen molar-refractivity contribution in [2.75, 3.05) is 12.3 Å². The molecule has 1 aliphatic rings. The molecule has 0 aromatic heterocycles. The van der Waals surface area contributed by atoms with E-state index in [9.17, 15) is 5.11 Å². The first-order valence-corrected chi connectivity index (χ1v) is 6.80. The SMILES string of the molecule is CC1CSc2ccccc2C1NC[C@H](C)O. The number of hydrogen-bond acceptors (Lipinski definition) is 3. The van der Waals surface area contributed by atoms with Gasteiger partial charge in [-0.1, -0.05) is 25.1 Å². The van der Waals surface area contributed by atoms with Gasteiger partial charge in [-0.2, -0.15) is 0 Å². The molecule has 0 saturated carbocycles. The second kappa shape index (κ2) is 5.21. The Morgan fingerprint density at radius 3 is 3.00 bits per heavy atom. The number of thioether (sulfide) groups is 1. The maximum Gasteiger partial charge on any atom is 0.0636 e. The van der Waals surface area contributed by atoms with Crippen LogP contribution in [0.4, 0.5) is 0 Å². The van der Waals surface area contributed by atoms with E-state index in [-0.39, 0.29) is 6.10 Å². The lowest BCUT2D eigenvalue weighted by Gasteiger charge is -2.32. The van der Waals surface area contributed by atoms with Gasteiger partial charge in [-0.3, -0.25) is 0 Å². The van der Waals surface area contributed by atoms with Crippen molar-refractivity contribution in [3.8, 4) is 0 Å². The highest BCUT2D eigenvalue weighted by molar-refractivity contribution is 7.99. The molecule has 16 heavy (non-hydrogen) atoms. The van der Waals surface area contributed by atoms with E-state index in [1.807, 2.05) is 18.7 Å². The third-order valence-electron chi connectivity index (χ3n) is 2.96. The number of benzene rings is 1. The van der Waals surface area contributed by atoms with Gasteiger partial charge in [-0.15, -0.1) is 11.8 Å². The molecule has 1 heterocycles. The summed E-state index contributed by atoms with van der Waals surface area (Å²) in [6.45, 7) is 4.75. The fraction of sp³-hybridized carbons (Fsp3) is 0.538. The molecular formula is C13H19NOS. The van der Waals surface area contributed by atoms with E-state index < -0.39 is 0 Å². The molecule has 2 nitrogen and oxygen atoms in total. The average molecular weight is 237 g/mol. The van der Waals surface area contributed by atoms with Crippen LogP contribution in [0.5, 0.6) is 0 Å². The first-order chi connectivity index (χ1) is 7.68. The standard InChI is InChI=1S/C13H19NOS/c1-9-8-16-12-6-4-3-5-11(12)13(9)14-7-10(2)15/h3-6,9-10,13-15H,7-8H2,1-2H3/t9?,10-,13?/m0/s1. The van der Waals surface area contributed by atoms with Crippen molar-refractivity contribution >= 4 is 11.8 Å². The topological polar surface area (TPSA) is 32.3 Å². The van der Waals surface area contributed by atoms with Gasteiger partial charge in [0, 0.05) is 23.2 Å². The van der Waals surface area contributed by atoms with Gasteiger partial charge in [-0.25, -0.2) is 0 Å². The minimum atomic E-state index is -0.283. The van der Waals surface area contributed by atoms with Gasteiger partial charge < -0.3 is 10.4 Å². The minimum Gasteiger partial charge on any atom is -0.392 e. The second-order valence-electron chi connectivity index (χ2n) is 4.56.